The van der Waals surface area contributed by atoms with E-state index in [-0.39, 0.29) is 5.69 Å². The zero-order chi connectivity index (χ0) is 17.3. The van der Waals surface area contributed by atoms with Crippen LogP contribution in [0.5, 0.6) is 0 Å². The van der Waals surface area contributed by atoms with Crippen molar-refractivity contribution in [1.82, 2.24) is 0 Å². The number of alkyl halides is 3. The largest absolute Gasteiger partial charge is 0.416 e. The summed E-state index contributed by atoms with van der Waals surface area (Å²) in [6, 6.07) is 9.13. The Morgan fingerprint density at radius 2 is 1.61 bits per heavy atom. The van der Waals surface area contributed by atoms with Gasteiger partial charge in [-0.05, 0) is 35.4 Å². The molecule has 23 heavy (non-hydrogen) atoms. The molecule has 0 saturated heterocycles. The maximum Gasteiger partial charge on any atom is 0.416 e. The third-order valence-corrected chi connectivity index (χ3v) is 3.71. The van der Waals surface area contributed by atoms with Crippen LogP contribution in [0, 0.1) is 0 Å². The van der Waals surface area contributed by atoms with Crippen molar-refractivity contribution in [3.63, 3.8) is 0 Å². The van der Waals surface area contributed by atoms with Gasteiger partial charge in [-0.3, -0.25) is 4.72 Å². The molecule has 8 heteroatoms. The van der Waals surface area contributed by atoms with Crippen LogP contribution in [0.4, 0.5) is 18.9 Å². The molecular formula is C15H14F3NO3S. The second-order valence-electron chi connectivity index (χ2n) is 4.98. The van der Waals surface area contributed by atoms with Gasteiger partial charge in [0, 0.05) is 5.56 Å². The van der Waals surface area contributed by atoms with E-state index in [0.717, 1.165) is 18.4 Å². The molecule has 124 valence electrons. The molecule has 2 aromatic carbocycles. The first-order chi connectivity index (χ1) is 10.6. The summed E-state index contributed by atoms with van der Waals surface area (Å²) in [5.74, 6) is 0. The smallest absolute Gasteiger partial charge is 0.392 e. The molecule has 0 spiro atoms. The number of halogens is 3. The van der Waals surface area contributed by atoms with Gasteiger partial charge >= 0.3 is 6.18 Å². The molecule has 2 rings (SSSR count). The molecule has 0 heterocycles. The molecule has 4 nitrogen and oxygen atoms in total. The Balaban J connectivity index is 2.37. The van der Waals surface area contributed by atoms with Crippen molar-refractivity contribution < 1.29 is 26.7 Å². The molecule has 0 aromatic heterocycles. The lowest BCUT2D eigenvalue weighted by Crippen LogP contribution is -2.11. The van der Waals surface area contributed by atoms with Gasteiger partial charge in [-0.2, -0.15) is 13.2 Å². The van der Waals surface area contributed by atoms with Crippen molar-refractivity contribution in [2.75, 3.05) is 11.0 Å². The Morgan fingerprint density at radius 1 is 1.04 bits per heavy atom. The van der Waals surface area contributed by atoms with E-state index in [4.69, 9.17) is 0 Å². The minimum atomic E-state index is -4.40. The van der Waals surface area contributed by atoms with Gasteiger partial charge in [-0.15, -0.1) is 0 Å². The van der Waals surface area contributed by atoms with E-state index in [9.17, 15) is 26.7 Å². The summed E-state index contributed by atoms with van der Waals surface area (Å²) in [6.45, 7) is -0.410. The van der Waals surface area contributed by atoms with Gasteiger partial charge in [0.25, 0.3) is 0 Å². The lowest BCUT2D eigenvalue weighted by atomic mass is 10.0. The quantitative estimate of drug-likeness (QED) is 0.894. The zero-order valence-electron chi connectivity index (χ0n) is 12.1. The van der Waals surface area contributed by atoms with Crippen LogP contribution in [0.25, 0.3) is 11.1 Å². The predicted octanol–water partition coefficient (Wildman–Crippen LogP) is 3.24. The molecule has 0 atom stereocenters. The third kappa shape index (κ3) is 4.46. The van der Waals surface area contributed by atoms with Gasteiger partial charge in [0.05, 0.1) is 24.1 Å². The Labute approximate surface area is 131 Å². The summed E-state index contributed by atoms with van der Waals surface area (Å²) in [6.07, 6.45) is -3.42. The molecule has 0 amide bonds. The van der Waals surface area contributed by atoms with E-state index >= 15 is 0 Å². The van der Waals surface area contributed by atoms with Crippen LogP contribution in [-0.2, 0) is 22.8 Å². The minimum Gasteiger partial charge on any atom is -0.392 e. The summed E-state index contributed by atoms with van der Waals surface area (Å²) in [4.78, 5) is 0. The van der Waals surface area contributed by atoms with E-state index in [1.807, 2.05) is 0 Å². The van der Waals surface area contributed by atoms with Crippen LogP contribution in [0.15, 0.2) is 42.5 Å². The molecule has 0 radical (unpaired) electrons. The van der Waals surface area contributed by atoms with Gasteiger partial charge in [0.15, 0.2) is 0 Å². The number of aliphatic hydroxyl groups excluding tert-OH is 1. The van der Waals surface area contributed by atoms with Crippen LogP contribution < -0.4 is 4.72 Å². The van der Waals surface area contributed by atoms with Crippen LogP contribution in [0.2, 0.25) is 0 Å². The summed E-state index contributed by atoms with van der Waals surface area (Å²) in [7, 11) is -3.50. The molecule has 2 N–H and O–H groups in total. The summed E-state index contributed by atoms with van der Waals surface area (Å²) in [5.41, 5.74) is 0.901. The van der Waals surface area contributed by atoms with Crippen LogP contribution >= 0.6 is 0 Å². The molecule has 0 fully saturated rings. The first kappa shape index (κ1) is 17.3. The summed E-state index contributed by atoms with van der Waals surface area (Å²) in [5, 5.41) is 9.35. The van der Waals surface area contributed by atoms with Gasteiger partial charge in [0.1, 0.15) is 0 Å². The lowest BCUT2D eigenvalue weighted by molar-refractivity contribution is -0.137. The van der Waals surface area contributed by atoms with Crippen molar-refractivity contribution in [3.05, 3.63) is 53.6 Å². The number of sulfonamides is 1. The first-order valence-electron chi connectivity index (χ1n) is 6.49. The van der Waals surface area contributed by atoms with E-state index in [1.165, 1.54) is 24.3 Å². The Hall–Kier alpha value is -2.06. The Morgan fingerprint density at radius 3 is 2.09 bits per heavy atom. The zero-order valence-corrected chi connectivity index (χ0v) is 12.9. The highest BCUT2D eigenvalue weighted by Gasteiger charge is 2.29. The number of aliphatic hydroxyl groups is 1. The molecule has 0 aliphatic heterocycles. The molecule has 0 bridgehead atoms. The molecule has 0 unspecified atom stereocenters. The van der Waals surface area contributed by atoms with E-state index in [0.29, 0.717) is 16.7 Å². The Kier molecular flexibility index (Phi) is 4.67. The second kappa shape index (κ2) is 6.21. The highest BCUT2D eigenvalue weighted by atomic mass is 32.2. The SMILES string of the molecule is CS(=O)(=O)Nc1ccc(-c2ccc(C(F)(F)F)cc2)cc1CO. The number of hydrogen-bond acceptors (Lipinski definition) is 3. The fraction of sp³-hybridized carbons (Fsp3) is 0.200. The van der Waals surface area contributed by atoms with E-state index in [2.05, 4.69) is 4.72 Å². The average molecular weight is 345 g/mol. The second-order valence-corrected chi connectivity index (χ2v) is 6.73. The number of rotatable bonds is 4. The van der Waals surface area contributed by atoms with E-state index in [1.54, 1.807) is 6.07 Å². The lowest BCUT2D eigenvalue weighted by Gasteiger charge is -2.12. The Bertz CT molecular complexity index is 800. The van der Waals surface area contributed by atoms with Gasteiger partial charge in [-0.1, -0.05) is 18.2 Å². The van der Waals surface area contributed by atoms with Crippen molar-refractivity contribution >= 4 is 15.7 Å². The van der Waals surface area contributed by atoms with Gasteiger partial charge in [0.2, 0.25) is 10.0 Å². The summed E-state index contributed by atoms with van der Waals surface area (Å²) < 4.78 is 62.4. The molecular weight excluding hydrogens is 331 g/mol. The highest BCUT2D eigenvalue weighted by molar-refractivity contribution is 7.92. The van der Waals surface area contributed by atoms with Crippen molar-refractivity contribution in [1.29, 1.82) is 0 Å². The van der Waals surface area contributed by atoms with Crippen molar-refractivity contribution in [2.45, 2.75) is 12.8 Å². The van der Waals surface area contributed by atoms with E-state index < -0.39 is 28.4 Å². The molecule has 0 aliphatic rings. The van der Waals surface area contributed by atoms with Crippen molar-refractivity contribution in [2.24, 2.45) is 0 Å². The number of anilines is 1. The highest BCUT2D eigenvalue weighted by Crippen LogP contribution is 2.32. The monoisotopic (exact) mass is 345 g/mol. The van der Waals surface area contributed by atoms with Crippen LogP contribution in [0.1, 0.15) is 11.1 Å². The summed E-state index contributed by atoms with van der Waals surface area (Å²) >= 11 is 0. The van der Waals surface area contributed by atoms with Gasteiger partial charge in [-0.25, -0.2) is 8.42 Å². The fourth-order valence-electron chi connectivity index (χ4n) is 2.06. The standard InChI is InChI=1S/C15H14F3NO3S/c1-23(21,22)19-14-7-4-11(8-12(14)9-20)10-2-5-13(6-3-10)15(16,17)18/h2-8,19-20H,9H2,1H3. The van der Waals surface area contributed by atoms with Gasteiger partial charge < -0.3 is 5.11 Å². The minimum absolute atomic E-state index is 0.227. The number of benzene rings is 2. The normalized spacial score (nSPS) is 12.2. The number of nitrogens with one attached hydrogen (secondary N) is 1. The van der Waals surface area contributed by atoms with Crippen LogP contribution in [-0.4, -0.2) is 19.8 Å². The topological polar surface area (TPSA) is 66.4 Å². The van der Waals surface area contributed by atoms with Crippen molar-refractivity contribution in [3.8, 4) is 11.1 Å². The maximum atomic E-state index is 12.6. The predicted molar refractivity (Wildman–Crippen MR) is 81.3 cm³/mol. The average Bonchev–Trinajstić information content (AvgIpc) is 2.45. The molecule has 2 aromatic rings. The van der Waals surface area contributed by atoms with Crippen LogP contribution in [0.3, 0.4) is 0 Å². The number of hydrogen-bond donors (Lipinski definition) is 2. The fourth-order valence-corrected chi connectivity index (χ4v) is 2.65. The third-order valence-electron chi connectivity index (χ3n) is 3.12. The molecule has 0 saturated carbocycles. The maximum absolute atomic E-state index is 12.6. The molecule has 0 aliphatic carbocycles. The first-order valence-corrected chi connectivity index (χ1v) is 8.38.